The zero-order valence-corrected chi connectivity index (χ0v) is 14.7. The summed E-state index contributed by atoms with van der Waals surface area (Å²) >= 11 is 0. The van der Waals surface area contributed by atoms with Gasteiger partial charge in [-0.05, 0) is 42.5 Å². The highest BCUT2D eigenvalue weighted by atomic mass is 16.6. The van der Waals surface area contributed by atoms with E-state index in [1.807, 2.05) is 24.3 Å². The van der Waals surface area contributed by atoms with E-state index in [1.54, 1.807) is 36.4 Å². The van der Waals surface area contributed by atoms with E-state index in [0.29, 0.717) is 41.8 Å². The number of amides is 1. The van der Waals surface area contributed by atoms with Gasteiger partial charge in [0.25, 0.3) is 5.91 Å². The fourth-order valence-corrected chi connectivity index (χ4v) is 2.65. The molecule has 1 aromatic heterocycles. The zero-order chi connectivity index (χ0) is 19.3. The van der Waals surface area contributed by atoms with Crippen molar-refractivity contribution in [2.75, 3.05) is 23.8 Å². The van der Waals surface area contributed by atoms with Crippen LogP contribution < -0.4 is 20.1 Å². The zero-order valence-electron chi connectivity index (χ0n) is 14.7. The minimum Gasteiger partial charge on any atom is -0.486 e. The van der Waals surface area contributed by atoms with Crippen molar-refractivity contribution < 1.29 is 14.3 Å². The molecule has 4 rings (SSSR count). The van der Waals surface area contributed by atoms with Gasteiger partial charge in [-0.25, -0.2) is 0 Å². The Morgan fingerprint density at radius 3 is 2.61 bits per heavy atom. The summed E-state index contributed by atoms with van der Waals surface area (Å²) in [5.74, 6) is 1.45. The number of hydrogen-bond donors (Lipinski definition) is 2. The molecule has 0 saturated carbocycles. The summed E-state index contributed by atoms with van der Waals surface area (Å²) in [6, 6.07) is 17.4. The molecule has 0 fully saturated rings. The predicted octanol–water partition coefficient (Wildman–Crippen LogP) is 3.12. The fourth-order valence-electron chi connectivity index (χ4n) is 2.65. The average Bonchev–Trinajstić information content (AvgIpc) is 2.74. The van der Waals surface area contributed by atoms with Gasteiger partial charge in [-0.1, -0.05) is 6.07 Å². The molecule has 0 atom stereocenters. The van der Waals surface area contributed by atoms with Crippen LogP contribution in [0, 0.1) is 11.3 Å². The Morgan fingerprint density at radius 2 is 1.82 bits per heavy atom. The van der Waals surface area contributed by atoms with Crippen LogP contribution in [-0.2, 0) is 0 Å². The second kappa shape index (κ2) is 7.63. The minimum atomic E-state index is -0.409. The van der Waals surface area contributed by atoms with E-state index in [0.717, 1.165) is 5.69 Å². The summed E-state index contributed by atoms with van der Waals surface area (Å²) in [6.45, 7) is 1.05. The monoisotopic (exact) mass is 373 g/mol. The number of ether oxygens (including phenoxy) is 2. The van der Waals surface area contributed by atoms with Gasteiger partial charge < -0.3 is 20.1 Å². The Morgan fingerprint density at radius 1 is 0.964 bits per heavy atom. The van der Waals surface area contributed by atoms with Crippen LogP contribution in [0.15, 0.2) is 54.6 Å². The van der Waals surface area contributed by atoms with E-state index >= 15 is 0 Å². The van der Waals surface area contributed by atoms with Crippen LogP contribution in [0.1, 0.15) is 16.1 Å². The quantitative estimate of drug-likeness (QED) is 0.723. The van der Waals surface area contributed by atoms with Crippen molar-refractivity contribution in [1.82, 2.24) is 10.2 Å². The number of hydrogen-bond acceptors (Lipinski definition) is 7. The van der Waals surface area contributed by atoms with Crippen molar-refractivity contribution in [2.45, 2.75) is 0 Å². The van der Waals surface area contributed by atoms with Gasteiger partial charge in [0.1, 0.15) is 13.2 Å². The van der Waals surface area contributed by atoms with Crippen LogP contribution in [0.25, 0.3) is 0 Å². The third-order valence-electron chi connectivity index (χ3n) is 3.96. The third-order valence-corrected chi connectivity index (χ3v) is 3.96. The van der Waals surface area contributed by atoms with Gasteiger partial charge in [0.05, 0.1) is 11.6 Å². The van der Waals surface area contributed by atoms with Crippen molar-refractivity contribution in [1.29, 1.82) is 5.26 Å². The second-order valence-electron chi connectivity index (χ2n) is 5.93. The molecule has 138 valence electrons. The molecule has 1 aliphatic rings. The fraction of sp³-hybridized carbons (Fsp3) is 0.100. The second-order valence-corrected chi connectivity index (χ2v) is 5.93. The van der Waals surface area contributed by atoms with Gasteiger partial charge in [0.2, 0.25) is 0 Å². The summed E-state index contributed by atoms with van der Waals surface area (Å²) in [5.41, 5.74) is 1.91. The maximum absolute atomic E-state index is 12.3. The lowest BCUT2D eigenvalue weighted by molar-refractivity contribution is 0.102. The van der Waals surface area contributed by atoms with Gasteiger partial charge in [-0.2, -0.15) is 5.26 Å². The van der Waals surface area contributed by atoms with Crippen LogP contribution >= 0.6 is 0 Å². The smallest absolute Gasteiger partial charge is 0.276 e. The molecule has 1 amide bonds. The highest BCUT2D eigenvalue weighted by Gasteiger charge is 2.13. The molecule has 28 heavy (non-hydrogen) atoms. The van der Waals surface area contributed by atoms with E-state index < -0.39 is 5.91 Å². The topological polar surface area (TPSA) is 109 Å². The van der Waals surface area contributed by atoms with E-state index in [9.17, 15) is 4.79 Å². The Balaban J connectivity index is 1.43. The molecule has 0 aliphatic carbocycles. The minimum absolute atomic E-state index is 0.162. The van der Waals surface area contributed by atoms with E-state index in [4.69, 9.17) is 14.7 Å². The predicted molar refractivity (Wildman–Crippen MR) is 102 cm³/mol. The summed E-state index contributed by atoms with van der Waals surface area (Å²) < 4.78 is 11.0. The van der Waals surface area contributed by atoms with Gasteiger partial charge >= 0.3 is 0 Å². The van der Waals surface area contributed by atoms with Crippen LogP contribution in [0.2, 0.25) is 0 Å². The lowest BCUT2D eigenvalue weighted by Gasteiger charge is -2.19. The number of nitrogens with zero attached hydrogens (tertiary/aromatic N) is 3. The lowest BCUT2D eigenvalue weighted by Crippen LogP contribution is -2.15. The van der Waals surface area contributed by atoms with Crippen molar-refractivity contribution in [3.63, 3.8) is 0 Å². The molecule has 0 saturated heterocycles. The molecule has 8 heteroatoms. The Bertz CT molecular complexity index is 1060. The molecule has 1 aliphatic heterocycles. The standard InChI is InChI=1S/C20H15N5O3/c21-12-13-2-1-3-14(10-13)23-20(26)16-5-7-19(25-24-16)22-15-4-6-17-18(11-15)28-9-8-27-17/h1-7,10-11H,8-9H2,(H,22,25)(H,23,26). The van der Waals surface area contributed by atoms with Crippen molar-refractivity contribution in [2.24, 2.45) is 0 Å². The normalized spacial score (nSPS) is 12.0. The first kappa shape index (κ1) is 17.3. The molecular weight excluding hydrogens is 358 g/mol. The molecule has 2 aromatic carbocycles. The molecule has 0 radical (unpaired) electrons. The first-order valence-electron chi connectivity index (χ1n) is 8.53. The maximum atomic E-state index is 12.3. The molecule has 0 bridgehead atoms. The number of rotatable bonds is 4. The number of carbonyl (C=O) groups excluding carboxylic acids is 1. The molecular formula is C20H15N5O3. The van der Waals surface area contributed by atoms with Gasteiger partial charge in [-0.15, -0.1) is 10.2 Å². The van der Waals surface area contributed by atoms with Crippen LogP contribution in [0.4, 0.5) is 17.2 Å². The van der Waals surface area contributed by atoms with E-state index in [1.165, 1.54) is 0 Å². The van der Waals surface area contributed by atoms with Crippen LogP contribution in [0.3, 0.4) is 0 Å². The number of carbonyl (C=O) groups is 1. The molecule has 2 N–H and O–H groups in total. The molecule has 0 spiro atoms. The Labute approximate surface area is 160 Å². The SMILES string of the molecule is N#Cc1cccc(NC(=O)c2ccc(Nc3ccc4c(c3)OCCO4)nn2)c1. The van der Waals surface area contributed by atoms with Crippen molar-refractivity contribution in [3.8, 4) is 17.6 Å². The largest absolute Gasteiger partial charge is 0.486 e. The average molecular weight is 373 g/mol. The summed E-state index contributed by atoms with van der Waals surface area (Å²) in [6.07, 6.45) is 0. The Kier molecular flexibility index (Phi) is 4.72. The first-order valence-corrected chi connectivity index (χ1v) is 8.53. The lowest BCUT2D eigenvalue weighted by atomic mass is 10.2. The third kappa shape index (κ3) is 3.83. The van der Waals surface area contributed by atoms with Gasteiger partial charge in [0.15, 0.2) is 23.0 Å². The van der Waals surface area contributed by atoms with E-state index in [-0.39, 0.29) is 5.69 Å². The summed E-state index contributed by atoms with van der Waals surface area (Å²) in [5, 5.41) is 22.7. The first-order chi connectivity index (χ1) is 13.7. The number of aromatic nitrogens is 2. The van der Waals surface area contributed by atoms with E-state index in [2.05, 4.69) is 20.8 Å². The van der Waals surface area contributed by atoms with Crippen LogP contribution in [-0.4, -0.2) is 29.3 Å². The maximum Gasteiger partial charge on any atom is 0.276 e. The summed E-state index contributed by atoms with van der Waals surface area (Å²) in [4.78, 5) is 12.3. The highest BCUT2D eigenvalue weighted by Crippen LogP contribution is 2.33. The number of nitriles is 1. The summed E-state index contributed by atoms with van der Waals surface area (Å²) in [7, 11) is 0. The van der Waals surface area contributed by atoms with Crippen molar-refractivity contribution >= 4 is 23.1 Å². The number of anilines is 3. The van der Waals surface area contributed by atoms with Gasteiger partial charge in [-0.3, -0.25) is 4.79 Å². The van der Waals surface area contributed by atoms with Crippen molar-refractivity contribution in [3.05, 3.63) is 65.9 Å². The number of fused-ring (bicyclic) bond motifs is 1. The number of nitrogens with one attached hydrogen (secondary N) is 2. The molecule has 2 heterocycles. The van der Waals surface area contributed by atoms with Crippen LogP contribution in [0.5, 0.6) is 11.5 Å². The Hall–Kier alpha value is -4.12. The number of benzene rings is 2. The van der Waals surface area contributed by atoms with Gasteiger partial charge in [0, 0.05) is 17.4 Å². The molecule has 8 nitrogen and oxygen atoms in total. The molecule has 0 unspecified atom stereocenters. The molecule has 3 aromatic rings. The highest BCUT2D eigenvalue weighted by molar-refractivity contribution is 6.02.